The first kappa shape index (κ1) is 20.9. The number of benzene rings is 2. The summed E-state index contributed by atoms with van der Waals surface area (Å²) >= 11 is 12.1. The number of anilines is 2. The van der Waals surface area contributed by atoms with Gasteiger partial charge in [0, 0.05) is 10.4 Å². The molecule has 0 fully saturated rings. The third-order valence-corrected chi connectivity index (χ3v) is 4.45. The fraction of sp³-hybridized carbons (Fsp3) is 0.158. The topological polar surface area (TPSA) is 85.6 Å². The van der Waals surface area contributed by atoms with Gasteiger partial charge < -0.3 is 14.6 Å². The van der Waals surface area contributed by atoms with Crippen molar-refractivity contribution in [1.82, 2.24) is 10.6 Å². The fourth-order valence-electron chi connectivity index (χ4n) is 2.52. The zero-order chi connectivity index (χ0) is 21.0. The second-order valence-electron chi connectivity index (χ2n) is 5.82. The molecule has 0 unspecified atom stereocenters. The van der Waals surface area contributed by atoms with Gasteiger partial charge in [-0.1, -0.05) is 34.9 Å². The predicted molar refractivity (Wildman–Crippen MR) is 108 cm³/mol. The molecule has 2 N–H and O–H groups in total. The van der Waals surface area contributed by atoms with E-state index in [1.54, 1.807) is 19.1 Å². The van der Waals surface area contributed by atoms with Gasteiger partial charge in [0.15, 0.2) is 5.82 Å². The number of hydroxylamine groups is 1. The Labute approximate surface area is 175 Å². The van der Waals surface area contributed by atoms with Crippen LogP contribution >= 0.6 is 23.2 Å². The Kier molecular flexibility index (Phi) is 6.58. The monoisotopic (exact) mass is 439 g/mol. The Bertz CT molecular complexity index is 1070. The number of carbonyl (C=O) groups excluding carboxylic acids is 1. The number of amides is 1. The minimum absolute atomic E-state index is 0.0306. The van der Waals surface area contributed by atoms with E-state index in [1.165, 1.54) is 18.4 Å². The summed E-state index contributed by atoms with van der Waals surface area (Å²) in [5.41, 5.74) is 2.76. The number of aryl methyl sites for hydroxylation is 1. The lowest BCUT2D eigenvalue weighted by atomic mass is 10.1. The second-order valence-corrected chi connectivity index (χ2v) is 6.67. The average Bonchev–Trinajstić information content (AvgIpc) is 3.06. The van der Waals surface area contributed by atoms with Crippen LogP contribution in [0.2, 0.25) is 10.0 Å². The lowest BCUT2D eigenvalue weighted by Gasteiger charge is -2.14. The molecule has 0 saturated heterocycles. The van der Waals surface area contributed by atoms with Gasteiger partial charge in [-0.3, -0.25) is 9.63 Å². The third-order valence-electron chi connectivity index (χ3n) is 3.91. The average molecular weight is 440 g/mol. The highest BCUT2D eigenvalue weighted by atomic mass is 35.5. The highest BCUT2D eigenvalue weighted by Crippen LogP contribution is 2.35. The molecule has 0 spiro atoms. The number of halogens is 3. The van der Waals surface area contributed by atoms with Crippen LogP contribution in [0.25, 0.3) is 11.0 Å². The molecule has 1 amide bonds. The minimum Gasteiger partial charge on any atom is -0.499 e. The molecule has 0 aliphatic heterocycles. The number of ether oxygens (including phenoxy) is 1. The number of aromatic nitrogens is 1. The molecule has 152 valence electrons. The number of hydrogen-bond acceptors (Lipinski definition) is 6. The summed E-state index contributed by atoms with van der Waals surface area (Å²) in [6.07, 6.45) is 1.25. The molecular formula is C19H16Cl2FN3O4. The number of nitrogens with one attached hydrogen (secondary N) is 2. The number of fused-ring (bicyclic) bond motifs is 1. The van der Waals surface area contributed by atoms with E-state index in [9.17, 15) is 4.79 Å². The first-order valence-corrected chi connectivity index (χ1v) is 9.13. The molecule has 7 nitrogen and oxygen atoms in total. The molecular weight excluding hydrogens is 424 g/mol. The Morgan fingerprint density at radius 2 is 2.14 bits per heavy atom. The van der Waals surface area contributed by atoms with Gasteiger partial charge in [0.05, 0.1) is 33.9 Å². The van der Waals surface area contributed by atoms with Crippen molar-refractivity contribution in [2.24, 2.45) is 0 Å². The largest absolute Gasteiger partial charge is 0.499 e. The molecule has 1 aromatic heterocycles. The van der Waals surface area contributed by atoms with Crippen molar-refractivity contribution in [1.29, 1.82) is 0 Å². The van der Waals surface area contributed by atoms with Crippen molar-refractivity contribution in [3.8, 4) is 0 Å². The number of nitrogens with zero attached hydrogens (tertiary/aromatic N) is 1. The molecule has 10 heteroatoms. The Morgan fingerprint density at radius 1 is 1.34 bits per heavy atom. The van der Waals surface area contributed by atoms with Crippen LogP contribution in [0.3, 0.4) is 0 Å². The quantitative estimate of drug-likeness (QED) is 0.286. The van der Waals surface area contributed by atoms with Gasteiger partial charge in [-0.25, -0.2) is 9.87 Å². The fourth-order valence-corrected chi connectivity index (χ4v) is 2.98. The van der Waals surface area contributed by atoms with Crippen LogP contribution in [0, 0.1) is 12.7 Å². The summed E-state index contributed by atoms with van der Waals surface area (Å²) < 4.78 is 25.1. The van der Waals surface area contributed by atoms with Gasteiger partial charge in [0.2, 0.25) is 5.58 Å². The van der Waals surface area contributed by atoms with Crippen molar-refractivity contribution >= 4 is 51.5 Å². The summed E-state index contributed by atoms with van der Waals surface area (Å²) in [7, 11) is 0. The van der Waals surface area contributed by atoms with Crippen molar-refractivity contribution in [3.63, 3.8) is 0 Å². The third kappa shape index (κ3) is 4.61. The molecule has 0 aliphatic carbocycles. The first-order chi connectivity index (χ1) is 13.9. The zero-order valence-electron chi connectivity index (χ0n) is 15.2. The van der Waals surface area contributed by atoms with Gasteiger partial charge in [-0.15, -0.1) is 0 Å². The molecule has 0 radical (unpaired) electrons. The summed E-state index contributed by atoms with van der Waals surface area (Å²) in [6, 6.07) is 6.08. The SMILES string of the molecule is C=COCCONC(=O)c1cc2c(C)noc2c(F)c1Nc1ccc(Cl)cc1Cl. The van der Waals surface area contributed by atoms with Crippen LogP contribution in [0.5, 0.6) is 0 Å². The van der Waals surface area contributed by atoms with Crippen LogP contribution in [0.4, 0.5) is 15.8 Å². The van der Waals surface area contributed by atoms with Crippen LogP contribution in [0.1, 0.15) is 16.1 Å². The van der Waals surface area contributed by atoms with Crippen molar-refractivity contribution < 1.29 is 23.3 Å². The highest BCUT2D eigenvalue weighted by Gasteiger charge is 2.23. The Hall–Kier alpha value is -2.81. The van der Waals surface area contributed by atoms with Gasteiger partial charge in [-0.2, -0.15) is 0 Å². The predicted octanol–water partition coefficient (Wildman–Crippen LogP) is 5.15. The van der Waals surface area contributed by atoms with Crippen LogP contribution in [-0.2, 0) is 9.57 Å². The number of rotatable bonds is 8. The van der Waals surface area contributed by atoms with Crippen LogP contribution in [-0.4, -0.2) is 24.3 Å². The lowest BCUT2D eigenvalue weighted by molar-refractivity contribution is 0.0145. The van der Waals surface area contributed by atoms with E-state index in [0.29, 0.717) is 21.8 Å². The molecule has 2 aromatic carbocycles. The lowest BCUT2D eigenvalue weighted by Crippen LogP contribution is -2.26. The van der Waals surface area contributed by atoms with E-state index in [-0.39, 0.29) is 35.1 Å². The first-order valence-electron chi connectivity index (χ1n) is 8.37. The molecule has 0 aliphatic rings. The van der Waals surface area contributed by atoms with Crippen molar-refractivity contribution in [2.75, 3.05) is 18.5 Å². The summed E-state index contributed by atoms with van der Waals surface area (Å²) in [4.78, 5) is 17.7. The maximum absolute atomic E-state index is 15.2. The molecule has 29 heavy (non-hydrogen) atoms. The standard InChI is InChI=1S/C19H16Cl2FN3O4/c1-3-27-6-7-28-25-19(26)13-9-12-10(2)24-29-18(12)16(22)17(13)23-15-5-4-11(20)8-14(15)21/h3-5,8-9,23H,1,6-7H2,2H3,(H,25,26). The van der Waals surface area contributed by atoms with Crippen molar-refractivity contribution in [2.45, 2.75) is 6.92 Å². The van der Waals surface area contributed by atoms with Gasteiger partial charge in [0.25, 0.3) is 5.91 Å². The van der Waals surface area contributed by atoms with E-state index < -0.39 is 11.7 Å². The van der Waals surface area contributed by atoms with Crippen LogP contribution < -0.4 is 10.8 Å². The van der Waals surface area contributed by atoms with Gasteiger partial charge >= 0.3 is 0 Å². The maximum Gasteiger partial charge on any atom is 0.277 e. The van der Waals surface area contributed by atoms with E-state index in [0.717, 1.165) is 0 Å². The molecule has 0 atom stereocenters. The highest BCUT2D eigenvalue weighted by molar-refractivity contribution is 6.36. The molecule has 1 heterocycles. The van der Waals surface area contributed by atoms with E-state index in [2.05, 4.69) is 22.5 Å². The van der Waals surface area contributed by atoms with E-state index in [4.69, 9.17) is 37.3 Å². The van der Waals surface area contributed by atoms with Gasteiger partial charge in [0.1, 0.15) is 13.2 Å². The van der Waals surface area contributed by atoms with Crippen molar-refractivity contribution in [3.05, 3.63) is 64.2 Å². The molecule has 0 saturated carbocycles. The number of hydrogen-bond donors (Lipinski definition) is 2. The maximum atomic E-state index is 15.2. The summed E-state index contributed by atoms with van der Waals surface area (Å²) in [5.74, 6) is -1.48. The van der Waals surface area contributed by atoms with Gasteiger partial charge in [-0.05, 0) is 31.2 Å². The molecule has 3 rings (SSSR count). The molecule has 3 aromatic rings. The Balaban J connectivity index is 1.97. The molecule has 0 bridgehead atoms. The van der Waals surface area contributed by atoms with E-state index in [1.807, 2.05) is 0 Å². The zero-order valence-corrected chi connectivity index (χ0v) is 16.7. The van der Waals surface area contributed by atoms with E-state index >= 15 is 4.39 Å². The summed E-state index contributed by atoms with van der Waals surface area (Å²) in [6.45, 7) is 5.29. The normalized spacial score (nSPS) is 10.8. The Morgan fingerprint density at radius 3 is 2.86 bits per heavy atom. The second kappa shape index (κ2) is 9.13. The smallest absolute Gasteiger partial charge is 0.277 e. The van der Waals surface area contributed by atoms with Crippen LogP contribution in [0.15, 0.2) is 41.6 Å². The summed E-state index contributed by atoms with van der Waals surface area (Å²) in [5, 5.41) is 7.59. The minimum atomic E-state index is -0.797. The number of carbonyl (C=O) groups is 1.